The SMILES string of the molecule is N[C@H]1CC[C@@H](c2nnc3n2CCCC3)C1. The van der Waals surface area contributed by atoms with Crippen LogP contribution in [-0.4, -0.2) is 20.8 Å². The van der Waals surface area contributed by atoms with Gasteiger partial charge in [-0.3, -0.25) is 0 Å². The fourth-order valence-electron chi connectivity index (χ4n) is 2.88. The van der Waals surface area contributed by atoms with Crippen LogP contribution in [-0.2, 0) is 13.0 Å². The Morgan fingerprint density at radius 3 is 2.93 bits per heavy atom. The Morgan fingerprint density at radius 1 is 1.20 bits per heavy atom. The smallest absolute Gasteiger partial charge is 0.136 e. The zero-order valence-electron chi connectivity index (χ0n) is 9.02. The third-order valence-corrected chi connectivity index (χ3v) is 3.73. The van der Waals surface area contributed by atoms with E-state index < -0.39 is 0 Å². The summed E-state index contributed by atoms with van der Waals surface area (Å²) >= 11 is 0. The van der Waals surface area contributed by atoms with Gasteiger partial charge >= 0.3 is 0 Å². The zero-order valence-corrected chi connectivity index (χ0v) is 9.02. The number of rotatable bonds is 1. The van der Waals surface area contributed by atoms with Gasteiger partial charge in [0.15, 0.2) is 0 Å². The van der Waals surface area contributed by atoms with E-state index in [2.05, 4.69) is 14.8 Å². The van der Waals surface area contributed by atoms with Crippen LogP contribution < -0.4 is 5.73 Å². The normalized spacial score (nSPS) is 30.5. The molecule has 1 aliphatic heterocycles. The molecule has 0 saturated heterocycles. The lowest BCUT2D eigenvalue weighted by molar-refractivity contribution is 0.488. The van der Waals surface area contributed by atoms with Crippen molar-refractivity contribution >= 4 is 0 Å². The predicted molar refractivity (Wildman–Crippen MR) is 57.5 cm³/mol. The zero-order chi connectivity index (χ0) is 10.3. The fourth-order valence-corrected chi connectivity index (χ4v) is 2.88. The molecule has 3 rings (SSSR count). The molecular formula is C11H18N4. The van der Waals surface area contributed by atoms with E-state index in [4.69, 9.17) is 5.73 Å². The maximum atomic E-state index is 5.95. The van der Waals surface area contributed by atoms with Crippen molar-refractivity contribution in [1.29, 1.82) is 0 Å². The molecule has 4 nitrogen and oxygen atoms in total. The molecule has 0 unspecified atom stereocenters. The molecule has 2 aliphatic rings. The second-order valence-corrected chi connectivity index (χ2v) is 4.85. The molecule has 1 aliphatic carbocycles. The fraction of sp³-hybridized carbons (Fsp3) is 0.818. The highest BCUT2D eigenvalue weighted by Crippen LogP contribution is 2.33. The van der Waals surface area contributed by atoms with Gasteiger partial charge in [0.25, 0.3) is 0 Å². The van der Waals surface area contributed by atoms with Gasteiger partial charge in [0.1, 0.15) is 11.6 Å². The van der Waals surface area contributed by atoms with E-state index in [-0.39, 0.29) is 0 Å². The van der Waals surface area contributed by atoms with Crippen molar-refractivity contribution in [1.82, 2.24) is 14.8 Å². The van der Waals surface area contributed by atoms with Gasteiger partial charge in [-0.25, -0.2) is 0 Å². The van der Waals surface area contributed by atoms with Crippen molar-refractivity contribution < 1.29 is 0 Å². The number of aryl methyl sites for hydroxylation is 1. The Kier molecular flexibility index (Phi) is 2.24. The van der Waals surface area contributed by atoms with Crippen molar-refractivity contribution in [3.8, 4) is 0 Å². The first-order valence-corrected chi connectivity index (χ1v) is 6.02. The van der Waals surface area contributed by atoms with Crippen molar-refractivity contribution in [3.05, 3.63) is 11.6 Å². The molecule has 0 bridgehead atoms. The largest absolute Gasteiger partial charge is 0.328 e. The third kappa shape index (κ3) is 1.57. The summed E-state index contributed by atoms with van der Waals surface area (Å²) in [5, 5.41) is 8.67. The van der Waals surface area contributed by atoms with Gasteiger partial charge < -0.3 is 10.3 Å². The minimum atomic E-state index is 0.381. The third-order valence-electron chi connectivity index (χ3n) is 3.73. The number of nitrogens with zero attached hydrogens (tertiary/aromatic N) is 3. The summed E-state index contributed by atoms with van der Waals surface area (Å²) in [4.78, 5) is 0. The minimum absolute atomic E-state index is 0.381. The first-order chi connectivity index (χ1) is 7.34. The summed E-state index contributed by atoms with van der Waals surface area (Å²) in [6.45, 7) is 1.11. The molecule has 1 saturated carbocycles. The highest BCUT2D eigenvalue weighted by Gasteiger charge is 2.28. The summed E-state index contributed by atoms with van der Waals surface area (Å²) in [7, 11) is 0. The Morgan fingerprint density at radius 2 is 2.13 bits per heavy atom. The van der Waals surface area contributed by atoms with E-state index in [1.807, 2.05) is 0 Å². The number of nitrogens with two attached hydrogens (primary N) is 1. The molecule has 2 N–H and O–H groups in total. The maximum absolute atomic E-state index is 5.95. The van der Waals surface area contributed by atoms with Gasteiger partial charge in [0, 0.05) is 24.9 Å². The lowest BCUT2D eigenvalue weighted by Gasteiger charge is -2.17. The summed E-state index contributed by atoms with van der Waals surface area (Å²) in [5.74, 6) is 2.97. The van der Waals surface area contributed by atoms with E-state index in [0.29, 0.717) is 12.0 Å². The molecule has 2 atom stereocenters. The number of hydrogen-bond acceptors (Lipinski definition) is 3. The van der Waals surface area contributed by atoms with Crippen molar-refractivity contribution in [2.45, 2.75) is 57.0 Å². The number of aromatic nitrogens is 3. The molecule has 0 radical (unpaired) electrons. The standard InChI is InChI=1S/C11H18N4/c12-9-5-4-8(7-9)11-14-13-10-3-1-2-6-15(10)11/h8-9H,1-7,12H2/t8-,9+/m1/s1. The van der Waals surface area contributed by atoms with Crippen LogP contribution in [0.3, 0.4) is 0 Å². The highest BCUT2D eigenvalue weighted by atomic mass is 15.3. The second-order valence-electron chi connectivity index (χ2n) is 4.85. The molecule has 1 aromatic heterocycles. The molecule has 2 heterocycles. The lowest BCUT2D eigenvalue weighted by Crippen LogP contribution is -2.17. The summed E-state index contributed by atoms with van der Waals surface area (Å²) in [5.41, 5.74) is 5.95. The maximum Gasteiger partial charge on any atom is 0.136 e. The van der Waals surface area contributed by atoms with Crippen molar-refractivity contribution in [3.63, 3.8) is 0 Å². The van der Waals surface area contributed by atoms with Crippen LogP contribution in [0, 0.1) is 0 Å². The average Bonchev–Trinajstić information content (AvgIpc) is 2.83. The van der Waals surface area contributed by atoms with Crippen molar-refractivity contribution in [2.75, 3.05) is 0 Å². The molecule has 0 aromatic carbocycles. The van der Waals surface area contributed by atoms with Gasteiger partial charge in [-0.2, -0.15) is 0 Å². The highest BCUT2D eigenvalue weighted by molar-refractivity contribution is 5.07. The van der Waals surface area contributed by atoms with Crippen LogP contribution >= 0.6 is 0 Å². The topological polar surface area (TPSA) is 56.7 Å². The van der Waals surface area contributed by atoms with Crippen LogP contribution in [0.25, 0.3) is 0 Å². The van der Waals surface area contributed by atoms with Gasteiger partial charge in [0.05, 0.1) is 0 Å². The molecule has 1 fully saturated rings. The minimum Gasteiger partial charge on any atom is -0.328 e. The van der Waals surface area contributed by atoms with E-state index in [1.54, 1.807) is 0 Å². The number of hydrogen-bond donors (Lipinski definition) is 1. The first-order valence-electron chi connectivity index (χ1n) is 6.02. The summed E-state index contributed by atoms with van der Waals surface area (Å²) in [6, 6.07) is 0.381. The van der Waals surface area contributed by atoms with E-state index in [0.717, 1.165) is 25.8 Å². The van der Waals surface area contributed by atoms with Gasteiger partial charge in [0.2, 0.25) is 0 Å². The Balaban J connectivity index is 1.88. The molecule has 4 heteroatoms. The molecule has 0 amide bonds. The molecule has 15 heavy (non-hydrogen) atoms. The first kappa shape index (κ1) is 9.33. The summed E-state index contributed by atoms with van der Waals surface area (Å²) < 4.78 is 2.34. The van der Waals surface area contributed by atoms with E-state index in [1.165, 1.54) is 30.9 Å². The van der Waals surface area contributed by atoms with Crippen LogP contribution in [0.1, 0.15) is 49.7 Å². The lowest BCUT2D eigenvalue weighted by atomic mass is 10.1. The number of fused-ring (bicyclic) bond motifs is 1. The quantitative estimate of drug-likeness (QED) is 0.751. The summed E-state index contributed by atoms with van der Waals surface area (Å²) in [6.07, 6.45) is 7.08. The van der Waals surface area contributed by atoms with Crippen LogP contribution in [0.4, 0.5) is 0 Å². The van der Waals surface area contributed by atoms with Gasteiger partial charge in [-0.1, -0.05) is 0 Å². The van der Waals surface area contributed by atoms with E-state index >= 15 is 0 Å². The van der Waals surface area contributed by atoms with Crippen LogP contribution in [0.15, 0.2) is 0 Å². The molecule has 1 aromatic rings. The monoisotopic (exact) mass is 206 g/mol. The van der Waals surface area contributed by atoms with Crippen LogP contribution in [0.5, 0.6) is 0 Å². The Bertz CT molecular complexity index is 357. The van der Waals surface area contributed by atoms with Gasteiger partial charge in [-0.15, -0.1) is 10.2 Å². The average molecular weight is 206 g/mol. The van der Waals surface area contributed by atoms with Crippen LogP contribution in [0.2, 0.25) is 0 Å². The van der Waals surface area contributed by atoms with Crippen molar-refractivity contribution in [2.24, 2.45) is 5.73 Å². The molecule has 0 spiro atoms. The molecular weight excluding hydrogens is 188 g/mol. The Labute approximate surface area is 89.9 Å². The van der Waals surface area contributed by atoms with E-state index in [9.17, 15) is 0 Å². The predicted octanol–water partition coefficient (Wildman–Crippen LogP) is 1.21. The van der Waals surface area contributed by atoms with Gasteiger partial charge in [-0.05, 0) is 32.1 Å². The second kappa shape index (κ2) is 3.59. The Hall–Kier alpha value is -0.900. The molecule has 82 valence electrons.